The number of anilines is 2. The number of benzene rings is 6. The number of carbonyl (C=O) groups excluding carboxylic acids is 6. The first-order chi connectivity index (χ1) is 25.7. The highest BCUT2D eigenvalue weighted by atomic mass is 16.6. The van der Waals surface area contributed by atoms with Crippen molar-refractivity contribution in [3.63, 3.8) is 0 Å². The van der Waals surface area contributed by atoms with E-state index in [-0.39, 0.29) is 33.4 Å². The fourth-order valence-electron chi connectivity index (χ4n) is 7.49. The topological polar surface area (TPSA) is 145 Å². The highest BCUT2D eigenvalue weighted by Gasteiger charge is 2.46. The molecular weight excluding hydrogens is 672 g/mol. The van der Waals surface area contributed by atoms with Crippen molar-refractivity contribution >= 4 is 47.1 Å². The summed E-state index contributed by atoms with van der Waals surface area (Å²) in [5.41, 5.74) is 7.20. The lowest BCUT2D eigenvalue weighted by atomic mass is 9.67. The van der Waals surface area contributed by atoms with Gasteiger partial charge in [-0.2, -0.15) is 0 Å². The largest absolute Gasteiger partial charge is 0.386 e. The molecule has 0 unspecified atom stereocenters. The van der Waals surface area contributed by atoms with Crippen molar-refractivity contribution in [1.82, 2.24) is 0 Å². The van der Waals surface area contributed by atoms with Crippen LogP contribution in [0.15, 0.2) is 133 Å². The first-order valence-corrected chi connectivity index (χ1v) is 16.6. The molecule has 0 spiro atoms. The Bertz CT molecular complexity index is 2440. The van der Waals surface area contributed by atoms with Crippen LogP contribution >= 0.6 is 0 Å². The fourth-order valence-corrected chi connectivity index (χ4v) is 7.49. The van der Waals surface area contributed by atoms with Gasteiger partial charge in [0.05, 0.1) is 27.7 Å². The Labute approximate surface area is 301 Å². The molecule has 0 bridgehead atoms. The van der Waals surface area contributed by atoms with Crippen molar-refractivity contribution in [1.29, 1.82) is 0 Å². The summed E-state index contributed by atoms with van der Waals surface area (Å²) in [6.45, 7) is 0. The van der Waals surface area contributed by atoms with Crippen LogP contribution in [-0.4, -0.2) is 35.7 Å². The molecule has 10 heteroatoms. The molecule has 6 aromatic rings. The van der Waals surface area contributed by atoms with E-state index in [4.69, 9.17) is 0 Å². The van der Waals surface area contributed by atoms with Crippen LogP contribution in [0.4, 0.5) is 11.4 Å². The molecule has 254 valence electrons. The van der Waals surface area contributed by atoms with E-state index in [9.17, 15) is 28.8 Å². The molecule has 6 aromatic carbocycles. The van der Waals surface area contributed by atoms with E-state index >= 15 is 0 Å². The molecule has 1 aliphatic carbocycles. The number of nitrogens with one attached hydrogen (secondary N) is 2. The van der Waals surface area contributed by atoms with Gasteiger partial charge in [-0.25, -0.2) is 19.2 Å². The van der Waals surface area contributed by atoms with Gasteiger partial charge in [0.25, 0.3) is 11.8 Å². The van der Waals surface area contributed by atoms with Crippen molar-refractivity contribution in [3.05, 3.63) is 189 Å². The van der Waals surface area contributed by atoms with Crippen LogP contribution in [-0.2, 0) is 14.9 Å². The number of fused-ring (bicyclic) bond motifs is 5. The maximum Gasteiger partial charge on any atom is 0.346 e. The van der Waals surface area contributed by atoms with Gasteiger partial charge in [-0.1, -0.05) is 72.8 Å². The zero-order chi connectivity index (χ0) is 36.4. The number of ether oxygens (including phenoxy) is 2. The fraction of sp³-hybridized carbons (Fsp3) is 0.0233. The van der Waals surface area contributed by atoms with Crippen LogP contribution in [0.3, 0.4) is 0 Å². The zero-order valence-corrected chi connectivity index (χ0v) is 27.5. The van der Waals surface area contributed by atoms with E-state index in [1.165, 1.54) is 36.4 Å². The van der Waals surface area contributed by atoms with Gasteiger partial charge >= 0.3 is 23.9 Å². The summed E-state index contributed by atoms with van der Waals surface area (Å²) in [6.07, 6.45) is 0. The average Bonchev–Trinajstić information content (AvgIpc) is 3.76. The predicted molar refractivity (Wildman–Crippen MR) is 192 cm³/mol. The summed E-state index contributed by atoms with van der Waals surface area (Å²) in [4.78, 5) is 74.2. The maximum absolute atomic E-state index is 13.2. The molecule has 3 aliphatic rings. The lowest BCUT2D eigenvalue weighted by molar-refractivity contribution is 0.0425. The molecule has 0 saturated carbocycles. The van der Waals surface area contributed by atoms with Gasteiger partial charge in [0.2, 0.25) is 0 Å². The predicted octanol–water partition coefficient (Wildman–Crippen LogP) is 7.18. The molecule has 2 amide bonds. The molecular formula is C43H24N2O8. The van der Waals surface area contributed by atoms with Crippen molar-refractivity contribution < 1.29 is 38.2 Å². The van der Waals surface area contributed by atoms with E-state index in [0.717, 1.165) is 33.4 Å². The summed E-state index contributed by atoms with van der Waals surface area (Å²) >= 11 is 0. The second-order valence-electron chi connectivity index (χ2n) is 12.8. The van der Waals surface area contributed by atoms with Gasteiger partial charge in [0.1, 0.15) is 0 Å². The van der Waals surface area contributed by atoms with E-state index in [1.54, 1.807) is 0 Å². The average molecular weight is 697 g/mol. The van der Waals surface area contributed by atoms with Gasteiger partial charge in [-0.05, 0) is 94.0 Å². The minimum absolute atomic E-state index is 0.0524. The molecule has 0 radical (unpaired) electrons. The third-order valence-electron chi connectivity index (χ3n) is 9.92. The van der Waals surface area contributed by atoms with Crippen LogP contribution in [0.1, 0.15) is 84.4 Å². The first kappa shape index (κ1) is 31.5. The SMILES string of the molecule is O=C(Nc1ccc(C2(c3ccc(NC(=O)c4ccc5c(c4)C(=O)OC5=O)cc3)c3ccccc3-c3ccccc32)cc1)c1ccc2c(c1)C(=O)OC2=O. The standard InChI is InChI=1S/C43H24N2O8/c46-37(23-9-19-31-33(21-23)41(50)52-39(31)48)44-27-15-11-25(12-16-27)43(35-7-3-1-5-29(35)30-6-2-4-8-36(30)43)26-13-17-28(18-14-26)45-38(47)24-10-20-32-34(22-24)42(51)53-40(32)49/h1-22H,(H,44,46)(H,45,47). The Balaban J connectivity index is 1.06. The summed E-state index contributed by atoms with van der Waals surface area (Å²) in [6, 6.07) is 40.0. The monoisotopic (exact) mass is 696 g/mol. The highest BCUT2D eigenvalue weighted by Crippen LogP contribution is 2.56. The molecule has 2 N–H and O–H groups in total. The van der Waals surface area contributed by atoms with E-state index in [0.29, 0.717) is 11.4 Å². The van der Waals surface area contributed by atoms with Gasteiger partial charge in [0, 0.05) is 22.5 Å². The number of cyclic esters (lactones) is 4. The Morgan fingerprint density at radius 3 is 1.21 bits per heavy atom. The molecule has 2 aliphatic heterocycles. The van der Waals surface area contributed by atoms with Crippen LogP contribution < -0.4 is 10.6 Å². The molecule has 0 fully saturated rings. The minimum atomic E-state index is -0.784. The molecule has 10 nitrogen and oxygen atoms in total. The molecule has 2 heterocycles. The number of carbonyl (C=O) groups is 6. The Morgan fingerprint density at radius 2 is 0.792 bits per heavy atom. The van der Waals surface area contributed by atoms with E-state index in [1.807, 2.05) is 72.8 Å². The minimum Gasteiger partial charge on any atom is -0.386 e. The van der Waals surface area contributed by atoms with Crippen molar-refractivity contribution in [2.75, 3.05) is 10.6 Å². The van der Waals surface area contributed by atoms with Gasteiger partial charge in [-0.3, -0.25) is 9.59 Å². The summed E-state index contributed by atoms with van der Waals surface area (Å²) in [7, 11) is 0. The van der Waals surface area contributed by atoms with E-state index in [2.05, 4.69) is 44.4 Å². The third-order valence-corrected chi connectivity index (χ3v) is 9.92. The molecule has 9 rings (SSSR count). The third kappa shape index (κ3) is 4.88. The second-order valence-corrected chi connectivity index (χ2v) is 12.8. The van der Waals surface area contributed by atoms with Crippen molar-refractivity contribution in [2.45, 2.75) is 5.41 Å². The summed E-state index contributed by atoms with van der Waals surface area (Å²) < 4.78 is 9.30. The quantitative estimate of drug-likeness (QED) is 0.138. The molecule has 53 heavy (non-hydrogen) atoms. The maximum atomic E-state index is 13.2. The van der Waals surface area contributed by atoms with Crippen LogP contribution in [0.25, 0.3) is 11.1 Å². The first-order valence-electron chi connectivity index (χ1n) is 16.6. The van der Waals surface area contributed by atoms with Gasteiger partial charge in [0.15, 0.2) is 0 Å². The lowest BCUT2D eigenvalue weighted by Crippen LogP contribution is -2.28. The Hall–Kier alpha value is -7.46. The molecule has 0 saturated heterocycles. The zero-order valence-electron chi connectivity index (χ0n) is 27.5. The van der Waals surface area contributed by atoms with Gasteiger partial charge < -0.3 is 20.1 Å². The highest BCUT2D eigenvalue weighted by molar-refractivity contribution is 6.17. The number of esters is 4. The number of hydrogen-bond acceptors (Lipinski definition) is 8. The number of hydrogen-bond donors (Lipinski definition) is 2. The Kier molecular flexibility index (Phi) is 7.03. The Morgan fingerprint density at radius 1 is 0.415 bits per heavy atom. The van der Waals surface area contributed by atoms with Gasteiger partial charge in [-0.15, -0.1) is 0 Å². The summed E-state index contributed by atoms with van der Waals surface area (Å²) in [5, 5.41) is 5.77. The van der Waals surface area contributed by atoms with Crippen LogP contribution in [0.5, 0.6) is 0 Å². The smallest absolute Gasteiger partial charge is 0.346 e. The van der Waals surface area contributed by atoms with Crippen molar-refractivity contribution in [2.24, 2.45) is 0 Å². The lowest BCUT2D eigenvalue weighted by Gasteiger charge is -2.34. The molecule has 0 aromatic heterocycles. The van der Waals surface area contributed by atoms with Crippen LogP contribution in [0.2, 0.25) is 0 Å². The van der Waals surface area contributed by atoms with Crippen molar-refractivity contribution in [3.8, 4) is 11.1 Å². The normalized spacial score (nSPS) is 14.4. The summed E-state index contributed by atoms with van der Waals surface area (Å²) in [5.74, 6) is -3.95. The molecule has 0 atom stereocenters. The number of amides is 2. The number of rotatable bonds is 6. The second kappa shape index (κ2) is 11.8. The van der Waals surface area contributed by atoms with Crippen LogP contribution in [0, 0.1) is 0 Å². The van der Waals surface area contributed by atoms with E-state index < -0.39 is 41.1 Å².